The Kier molecular flexibility index (Phi) is 4.92. The number of rotatable bonds is 4. The molecular weight excluding hydrogens is 188 g/mol. The van der Waals surface area contributed by atoms with Crippen LogP contribution in [0.3, 0.4) is 0 Å². The number of hydrogen-bond donors (Lipinski definition) is 2. The molecule has 3 nitrogen and oxygen atoms in total. The van der Waals surface area contributed by atoms with E-state index >= 15 is 0 Å². The Bertz CT molecular complexity index is 278. The van der Waals surface area contributed by atoms with E-state index in [1.54, 1.807) is 0 Å². The van der Waals surface area contributed by atoms with E-state index in [4.69, 9.17) is 6.42 Å². The van der Waals surface area contributed by atoms with E-state index in [9.17, 15) is 4.79 Å². The van der Waals surface area contributed by atoms with Crippen molar-refractivity contribution in [3.05, 3.63) is 12.2 Å². The highest BCUT2D eigenvalue weighted by Crippen LogP contribution is 2.10. The van der Waals surface area contributed by atoms with Gasteiger partial charge >= 0.3 is 0 Å². The summed E-state index contributed by atoms with van der Waals surface area (Å²) >= 11 is 0. The molecule has 0 saturated heterocycles. The highest BCUT2D eigenvalue weighted by Gasteiger charge is 2.17. The average molecular weight is 206 g/mol. The molecule has 1 aliphatic carbocycles. The first-order chi connectivity index (χ1) is 7.24. The third kappa shape index (κ3) is 4.18. The van der Waals surface area contributed by atoms with Crippen molar-refractivity contribution in [1.29, 1.82) is 0 Å². The number of nitrogens with one attached hydrogen (secondary N) is 2. The molecular formula is C12H18N2O. The van der Waals surface area contributed by atoms with Crippen molar-refractivity contribution in [3.63, 3.8) is 0 Å². The molecule has 0 aromatic heterocycles. The van der Waals surface area contributed by atoms with Crippen molar-refractivity contribution in [1.82, 2.24) is 10.6 Å². The first-order valence-electron chi connectivity index (χ1n) is 5.36. The van der Waals surface area contributed by atoms with Gasteiger partial charge in [0.1, 0.15) is 0 Å². The minimum absolute atomic E-state index is 0.0255. The molecule has 0 aromatic rings. The minimum Gasteiger partial charge on any atom is -0.344 e. The zero-order chi connectivity index (χ0) is 11.1. The summed E-state index contributed by atoms with van der Waals surface area (Å²) in [4.78, 5) is 11.5. The number of carbonyl (C=O) groups is 1. The Morgan fingerprint density at radius 1 is 1.67 bits per heavy atom. The molecule has 0 spiro atoms. The summed E-state index contributed by atoms with van der Waals surface area (Å²) in [6.07, 6.45) is 12.6. The summed E-state index contributed by atoms with van der Waals surface area (Å²) in [5, 5.41) is 5.96. The third-order valence-corrected chi connectivity index (χ3v) is 2.51. The number of terminal acetylenes is 1. The second-order valence-corrected chi connectivity index (χ2v) is 3.79. The summed E-state index contributed by atoms with van der Waals surface area (Å²) in [5.74, 6) is 2.36. The van der Waals surface area contributed by atoms with Crippen LogP contribution in [0, 0.1) is 12.3 Å². The number of allylic oxidation sites excluding steroid dienone is 1. The number of amides is 1. The monoisotopic (exact) mass is 206 g/mol. The molecule has 1 amide bonds. The molecule has 0 aromatic carbocycles. The minimum atomic E-state index is -0.171. The summed E-state index contributed by atoms with van der Waals surface area (Å²) < 4.78 is 0. The lowest BCUT2D eigenvalue weighted by atomic mass is 10.0. The van der Waals surface area contributed by atoms with Gasteiger partial charge < -0.3 is 10.6 Å². The van der Waals surface area contributed by atoms with Crippen molar-refractivity contribution in [2.45, 2.75) is 38.3 Å². The number of carbonyl (C=O) groups excluding carboxylic acids is 1. The molecule has 0 bridgehead atoms. The van der Waals surface area contributed by atoms with E-state index in [0.29, 0.717) is 12.6 Å². The van der Waals surface area contributed by atoms with Crippen molar-refractivity contribution in [3.8, 4) is 12.3 Å². The molecule has 1 rings (SSSR count). The molecule has 0 saturated carbocycles. The van der Waals surface area contributed by atoms with Gasteiger partial charge in [-0.1, -0.05) is 18.1 Å². The van der Waals surface area contributed by atoms with Crippen LogP contribution in [0.25, 0.3) is 0 Å². The van der Waals surface area contributed by atoms with Gasteiger partial charge in [0.25, 0.3) is 0 Å². The predicted octanol–water partition coefficient (Wildman–Crippen LogP) is 0.823. The molecule has 1 aliphatic rings. The van der Waals surface area contributed by atoms with E-state index in [-0.39, 0.29) is 11.9 Å². The van der Waals surface area contributed by atoms with Gasteiger partial charge in [-0.15, -0.1) is 6.42 Å². The van der Waals surface area contributed by atoms with Gasteiger partial charge in [0.2, 0.25) is 5.91 Å². The van der Waals surface area contributed by atoms with Gasteiger partial charge in [-0.25, -0.2) is 0 Å². The molecule has 2 atom stereocenters. The van der Waals surface area contributed by atoms with Gasteiger partial charge in [0.05, 0.1) is 12.6 Å². The number of hydrogen-bond acceptors (Lipinski definition) is 2. The predicted molar refractivity (Wildman–Crippen MR) is 61.2 cm³/mol. The Morgan fingerprint density at radius 3 is 3.07 bits per heavy atom. The van der Waals surface area contributed by atoms with Gasteiger partial charge in [-0.3, -0.25) is 4.79 Å². The van der Waals surface area contributed by atoms with Gasteiger partial charge in [-0.2, -0.15) is 0 Å². The summed E-state index contributed by atoms with van der Waals surface area (Å²) in [5.41, 5.74) is 0. The smallest absolute Gasteiger partial charge is 0.237 e. The van der Waals surface area contributed by atoms with Crippen molar-refractivity contribution >= 4 is 5.91 Å². The molecule has 15 heavy (non-hydrogen) atoms. The Labute approximate surface area is 91.3 Å². The SMILES string of the molecule is C#CCNC(=O)C(C)NC1CC=CCC1. The standard InChI is InChI=1S/C12H18N2O/c1-3-9-13-12(15)10(2)14-11-7-5-4-6-8-11/h1,4-5,10-11,14H,6-9H2,2H3,(H,13,15). The van der Waals surface area contributed by atoms with Crippen molar-refractivity contribution < 1.29 is 4.79 Å². The summed E-state index contributed by atoms with van der Waals surface area (Å²) in [6.45, 7) is 2.17. The lowest BCUT2D eigenvalue weighted by molar-refractivity contribution is -0.122. The topological polar surface area (TPSA) is 41.1 Å². The van der Waals surface area contributed by atoms with Gasteiger partial charge in [0, 0.05) is 6.04 Å². The molecule has 0 heterocycles. The summed E-state index contributed by atoms with van der Waals surface area (Å²) in [7, 11) is 0. The van der Waals surface area contributed by atoms with E-state index in [1.807, 2.05) is 6.92 Å². The second kappa shape index (κ2) is 6.26. The van der Waals surface area contributed by atoms with Gasteiger partial charge in [0.15, 0.2) is 0 Å². The zero-order valence-electron chi connectivity index (χ0n) is 9.12. The highest BCUT2D eigenvalue weighted by atomic mass is 16.2. The van der Waals surface area contributed by atoms with Crippen LogP contribution in [-0.4, -0.2) is 24.5 Å². The molecule has 0 aliphatic heterocycles. The Morgan fingerprint density at radius 2 is 2.47 bits per heavy atom. The van der Waals surface area contributed by atoms with Crippen molar-refractivity contribution in [2.75, 3.05) is 6.54 Å². The molecule has 82 valence electrons. The maximum absolute atomic E-state index is 11.5. The van der Waals surface area contributed by atoms with Crippen LogP contribution in [0.5, 0.6) is 0 Å². The highest BCUT2D eigenvalue weighted by molar-refractivity contribution is 5.81. The van der Waals surface area contributed by atoms with Crippen LogP contribution >= 0.6 is 0 Å². The Balaban J connectivity index is 2.28. The van der Waals surface area contributed by atoms with Crippen molar-refractivity contribution in [2.24, 2.45) is 0 Å². The van der Waals surface area contributed by atoms with E-state index in [1.165, 1.54) is 0 Å². The maximum Gasteiger partial charge on any atom is 0.237 e. The van der Waals surface area contributed by atoms with Crippen LogP contribution < -0.4 is 10.6 Å². The molecule has 0 fully saturated rings. The maximum atomic E-state index is 11.5. The summed E-state index contributed by atoms with van der Waals surface area (Å²) in [6, 6.07) is 0.247. The van der Waals surface area contributed by atoms with Crippen LogP contribution in [0.1, 0.15) is 26.2 Å². The van der Waals surface area contributed by atoms with E-state index in [0.717, 1.165) is 19.3 Å². The fourth-order valence-electron chi connectivity index (χ4n) is 1.67. The quantitative estimate of drug-likeness (QED) is 0.528. The molecule has 0 radical (unpaired) electrons. The van der Waals surface area contributed by atoms with Gasteiger partial charge in [-0.05, 0) is 26.2 Å². The van der Waals surface area contributed by atoms with Crippen LogP contribution in [0.15, 0.2) is 12.2 Å². The van der Waals surface area contributed by atoms with Crippen LogP contribution in [0.2, 0.25) is 0 Å². The average Bonchev–Trinajstić information content (AvgIpc) is 2.27. The largest absolute Gasteiger partial charge is 0.344 e. The third-order valence-electron chi connectivity index (χ3n) is 2.51. The lowest BCUT2D eigenvalue weighted by Crippen LogP contribution is -2.46. The normalized spacial score (nSPS) is 21.7. The molecule has 2 unspecified atom stereocenters. The van der Waals surface area contributed by atoms with Crippen LogP contribution in [-0.2, 0) is 4.79 Å². The zero-order valence-corrected chi connectivity index (χ0v) is 9.12. The molecule has 2 N–H and O–H groups in total. The fraction of sp³-hybridized carbons (Fsp3) is 0.583. The van der Waals surface area contributed by atoms with Crippen LogP contribution in [0.4, 0.5) is 0 Å². The van der Waals surface area contributed by atoms with E-state index < -0.39 is 0 Å². The molecule has 3 heteroatoms. The first-order valence-corrected chi connectivity index (χ1v) is 5.36. The Hall–Kier alpha value is -1.27. The first kappa shape index (κ1) is 11.8. The van der Waals surface area contributed by atoms with E-state index in [2.05, 4.69) is 28.7 Å². The fourth-order valence-corrected chi connectivity index (χ4v) is 1.67. The lowest BCUT2D eigenvalue weighted by Gasteiger charge is -2.23. The second-order valence-electron chi connectivity index (χ2n) is 3.79.